The number of carbonyl (C=O) groups excluding carboxylic acids is 1. The molecule has 0 saturated heterocycles. The van der Waals surface area contributed by atoms with Crippen LogP contribution < -0.4 is 5.32 Å². The van der Waals surface area contributed by atoms with Crippen LogP contribution in [0.15, 0.2) is 53.6 Å². The third-order valence-corrected chi connectivity index (χ3v) is 6.85. The molecular weight excluding hydrogens is 424 g/mol. The molecule has 0 atom stereocenters. The van der Waals surface area contributed by atoms with Crippen LogP contribution in [0.5, 0.6) is 0 Å². The van der Waals surface area contributed by atoms with E-state index in [1.165, 1.54) is 22.9 Å². The molecule has 7 heteroatoms. The zero-order valence-corrected chi connectivity index (χ0v) is 19.6. The van der Waals surface area contributed by atoms with Crippen molar-refractivity contribution < 1.29 is 4.79 Å². The number of benzene rings is 2. The van der Waals surface area contributed by atoms with Crippen LogP contribution in [-0.2, 0) is 4.79 Å². The van der Waals surface area contributed by atoms with Crippen molar-refractivity contribution in [3.8, 4) is 11.3 Å². The lowest BCUT2D eigenvalue weighted by Gasteiger charge is -2.09. The molecule has 0 bridgehead atoms. The minimum atomic E-state index is -0.0770. The molecule has 31 heavy (non-hydrogen) atoms. The number of aromatic nitrogens is 3. The van der Waals surface area contributed by atoms with E-state index < -0.39 is 0 Å². The van der Waals surface area contributed by atoms with Crippen LogP contribution in [0.3, 0.4) is 0 Å². The minimum Gasteiger partial charge on any atom is -0.325 e. The molecule has 158 valence electrons. The number of anilines is 1. The standard InChI is InChI=1S/C24H24N4OS2/c1-14(2)17-9-11-19(12-10-17)26-20(29)13-30-24-22-23(31-16(4)25-22)21(27-28-24)18-7-5-15(3)6-8-18/h5-12,14H,13H2,1-4H3,(H,26,29). The van der Waals surface area contributed by atoms with Gasteiger partial charge in [0.1, 0.15) is 16.2 Å². The summed E-state index contributed by atoms with van der Waals surface area (Å²) in [5.74, 6) is 0.633. The summed E-state index contributed by atoms with van der Waals surface area (Å²) in [6, 6.07) is 16.2. The summed E-state index contributed by atoms with van der Waals surface area (Å²) in [5.41, 5.74) is 5.91. The molecule has 2 aromatic heterocycles. The van der Waals surface area contributed by atoms with Crippen molar-refractivity contribution in [2.45, 2.75) is 38.6 Å². The van der Waals surface area contributed by atoms with Gasteiger partial charge in [0.2, 0.25) is 5.91 Å². The van der Waals surface area contributed by atoms with Gasteiger partial charge in [-0.25, -0.2) is 4.98 Å². The first-order valence-electron chi connectivity index (χ1n) is 10.1. The molecule has 0 aliphatic heterocycles. The van der Waals surface area contributed by atoms with Crippen LogP contribution in [-0.4, -0.2) is 26.8 Å². The average molecular weight is 449 g/mol. The quantitative estimate of drug-likeness (QED) is 0.354. The molecule has 1 N–H and O–H groups in total. The van der Waals surface area contributed by atoms with Crippen molar-refractivity contribution in [2.75, 3.05) is 11.1 Å². The Bertz CT molecular complexity index is 1220. The molecule has 0 aliphatic rings. The number of rotatable bonds is 6. The second kappa shape index (κ2) is 9.16. The summed E-state index contributed by atoms with van der Waals surface area (Å²) in [7, 11) is 0. The molecule has 0 saturated carbocycles. The Balaban J connectivity index is 1.50. The maximum atomic E-state index is 12.5. The third kappa shape index (κ3) is 4.94. The number of thiazole rings is 1. The second-order valence-corrected chi connectivity index (χ2v) is 9.91. The largest absolute Gasteiger partial charge is 0.325 e. The smallest absolute Gasteiger partial charge is 0.234 e. The van der Waals surface area contributed by atoms with Crippen molar-refractivity contribution in [1.29, 1.82) is 0 Å². The fourth-order valence-corrected chi connectivity index (χ4v) is 4.91. The summed E-state index contributed by atoms with van der Waals surface area (Å²) in [4.78, 5) is 17.1. The van der Waals surface area contributed by atoms with Gasteiger partial charge in [-0.3, -0.25) is 4.79 Å². The van der Waals surface area contributed by atoms with Gasteiger partial charge in [-0.2, -0.15) is 0 Å². The summed E-state index contributed by atoms with van der Waals surface area (Å²) >= 11 is 2.97. The van der Waals surface area contributed by atoms with Gasteiger partial charge in [0, 0.05) is 11.3 Å². The highest BCUT2D eigenvalue weighted by molar-refractivity contribution is 8.00. The monoisotopic (exact) mass is 448 g/mol. The molecular formula is C24H24N4OS2. The van der Waals surface area contributed by atoms with Crippen LogP contribution >= 0.6 is 23.1 Å². The van der Waals surface area contributed by atoms with E-state index in [-0.39, 0.29) is 11.7 Å². The molecule has 5 nitrogen and oxygen atoms in total. The van der Waals surface area contributed by atoms with E-state index in [0.29, 0.717) is 10.9 Å². The lowest BCUT2D eigenvalue weighted by atomic mass is 10.0. The molecule has 2 aromatic carbocycles. The number of thioether (sulfide) groups is 1. The molecule has 4 rings (SSSR count). The van der Waals surface area contributed by atoms with Crippen LogP contribution in [0.25, 0.3) is 21.5 Å². The third-order valence-electron chi connectivity index (χ3n) is 4.92. The molecule has 1 amide bonds. The van der Waals surface area contributed by atoms with Crippen LogP contribution in [0.2, 0.25) is 0 Å². The van der Waals surface area contributed by atoms with E-state index in [0.717, 1.165) is 32.2 Å². The van der Waals surface area contributed by atoms with Gasteiger partial charge in [-0.15, -0.1) is 21.5 Å². The number of hydrogen-bond donors (Lipinski definition) is 1. The Morgan fingerprint density at radius 2 is 1.74 bits per heavy atom. The molecule has 0 unspecified atom stereocenters. The van der Waals surface area contributed by atoms with Crippen molar-refractivity contribution in [3.63, 3.8) is 0 Å². The van der Waals surface area contributed by atoms with Crippen molar-refractivity contribution in [3.05, 3.63) is 64.7 Å². The highest BCUT2D eigenvalue weighted by atomic mass is 32.2. The SMILES string of the molecule is Cc1ccc(-c2nnc(SCC(=O)Nc3ccc(C(C)C)cc3)c3nc(C)sc23)cc1. The number of fused-ring (bicyclic) bond motifs is 1. The number of nitrogens with zero attached hydrogens (tertiary/aromatic N) is 3. The van der Waals surface area contributed by atoms with Crippen LogP contribution in [0, 0.1) is 13.8 Å². The van der Waals surface area contributed by atoms with E-state index in [2.05, 4.69) is 65.5 Å². The predicted molar refractivity (Wildman–Crippen MR) is 130 cm³/mol. The first-order valence-corrected chi connectivity index (χ1v) is 11.9. The zero-order valence-electron chi connectivity index (χ0n) is 18.0. The number of nitrogens with one attached hydrogen (secondary N) is 1. The van der Waals surface area contributed by atoms with Gasteiger partial charge in [0.15, 0.2) is 0 Å². The Hall–Kier alpha value is -2.77. The minimum absolute atomic E-state index is 0.0770. The topological polar surface area (TPSA) is 67.8 Å². The summed E-state index contributed by atoms with van der Waals surface area (Å²) in [6.07, 6.45) is 0. The fraction of sp³-hybridized carbons (Fsp3) is 0.250. The van der Waals surface area contributed by atoms with Gasteiger partial charge >= 0.3 is 0 Å². The number of aryl methyl sites for hydroxylation is 2. The molecule has 2 heterocycles. The van der Waals surface area contributed by atoms with Crippen molar-refractivity contribution in [2.24, 2.45) is 0 Å². The zero-order chi connectivity index (χ0) is 22.0. The van der Waals surface area contributed by atoms with Crippen molar-refractivity contribution in [1.82, 2.24) is 15.2 Å². The first kappa shape index (κ1) is 21.5. The Labute approximate surface area is 190 Å². The normalized spacial score (nSPS) is 11.3. The maximum absolute atomic E-state index is 12.5. The number of carbonyl (C=O) groups is 1. The summed E-state index contributed by atoms with van der Waals surface area (Å²) in [6.45, 7) is 8.34. The number of hydrogen-bond acceptors (Lipinski definition) is 6. The van der Waals surface area contributed by atoms with Gasteiger partial charge in [0.25, 0.3) is 0 Å². The highest BCUT2D eigenvalue weighted by Crippen LogP contribution is 2.35. The molecule has 0 spiro atoms. The maximum Gasteiger partial charge on any atom is 0.234 e. The van der Waals surface area contributed by atoms with E-state index in [1.807, 2.05) is 31.2 Å². The Kier molecular flexibility index (Phi) is 6.34. The van der Waals surface area contributed by atoms with Gasteiger partial charge in [-0.05, 0) is 37.5 Å². The van der Waals surface area contributed by atoms with Gasteiger partial charge < -0.3 is 5.32 Å². The molecule has 0 radical (unpaired) electrons. The van der Waals surface area contributed by atoms with Gasteiger partial charge in [-0.1, -0.05) is 67.6 Å². The van der Waals surface area contributed by atoms with E-state index >= 15 is 0 Å². The van der Waals surface area contributed by atoms with Crippen LogP contribution in [0.4, 0.5) is 5.69 Å². The van der Waals surface area contributed by atoms with E-state index in [9.17, 15) is 4.79 Å². The second-order valence-electron chi connectivity index (χ2n) is 7.74. The Morgan fingerprint density at radius 3 is 2.42 bits per heavy atom. The molecule has 0 fully saturated rings. The van der Waals surface area contributed by atoms with E-state index in [4.69, 9.17) is 0 Å². The van der Waals surface area contributed by atoms with Crippen LogP contribution in [0.1, 0.15) is 35.9 Å². The lowest BCUT2D eigenvalue weighted by Crippen LogP contribution is -2.14. The Morgan fingerprint density at radius 1 is 1.03 bits per heavy atom. The van der Waals surface area contributed by atoms with Gasteiger partial charge in [0.05, 0.1) is 15.5 Å². The predicted octanol–water partition coefficient (Wildman–Crippen LogP) is 6.22. The van der Waals surface area contributed by atoms with E-state index in [1.54, 1.807) is 11.3 Å². The average Bonchev–Trinajstić information content (AvgIpc) is 3.14. The molecule has 4 aromatic rings. The highest BCUT2D eigenvalue weighted by Gasteiger charge is 2.17. The first-order chi connectivity index (χ1) is 14.9. The molecule has 0 aliphatic carbocycles. The number of amides is 1. The summed E-state index contributed by atoms with van der Waals surface area (Å²) in [5, 5.41) is 13.5. The lowest BCUT2D eigenvalue weighted by molar-refractivity contribution is -0.113. The summed E-state index contributed by atoms with van der Waals surface area (Å²) < 4.78 is 1.00. The van der Waals surface area contributed by atoms with Crippen molar-refractivity contribution >= 4 is 44.9 Å². The fourth-order valence-electron chi connectivity index (χ4n) is 3.20.